The highest BCUT2D eigenvalue weighted by Crippen LogP contribution is 2.23. The minimum absolute atomic E-state index is 0.565. The van der Waals surface area contributed by atoms with Crippen LogP contribution in [-0.4, -0.2) is 59.8 Å². The first-order valence-electron chi connectivity index (χ1n) is 3.91. The highest BCUT2D eigenvalue weighted by Gasteiger charge is 2.44. The van der Waals surface area contributed by atoms with E-state index in [2.05, 4.69) is 4.74 Å². The monoisotopic (exact) mass is 195 g/mol. The van der Waals surface area contributed by atoms with E-state index in [4.69, 9.17) is 14.9 Å². The number of aliphatic hydroxyl groups is 3. The van der Waals surface area contributed by atoms with E-state index in [1.54, 1.807) is 0 Å². The maximum atomic E-state index is 13.1. The molecule has 0 radical (unpaired) electrons. The van der Waals surface area contributed by atoms with Gasteiger partial charge in [-0.25, -0.2) is 4.39 Å². The van der Waals surface area contributed by atoms with Gasteiger partial charge < -0.3 is 24.8 Å². The van der Waals surface area contributed by atoms with E-state index in [0.29, 0.717) is 0 Å². The molecule has 0 amide bonds. The molecule has 1 rings (SSSR count). The Morgan fingerprint density at radius 3 is 2.46 bits per heavy atom. The van der Waals surface area contributed by atoms with Gasteiger partial charge in [-0.05, 0) is 0 Å². The summed E-state index contributed by atoms with van der Waals surface area (Å²) >= 11 is 0. The van der Waals surface area contributed by atoms with E-state index in [9.17, 15) is 9.50 Å². The van der Waals surface area contributed by atoms with Crippen molar-refractivity contribution in [2.24, 2.45) is 0 Å². The summed E-state index contributed by atoms with van der Waals surface area (Å²) in [5.74, 6) is 0. The van der Waals surface area contributed by atoms with Crippen LogP contribution in [0.1, 0.15) is 0 Å². The molecule has 1 saturated heterocycles. The molecule has 3 N–H and O–H groups in total. The Kier molecular flexibility index (Phi) is 3.57. The second-order valence-electron chi connectivity index (χ2n) is 2.89. The molecule has 0 unspecified atom stereocenters. The van der Waals surface area contributed by atoms with Crippen molar-refractivity contribution in [1.82, 2.24) is 0 Å². The largest absolute Gasteiger partial charge is 0.394 e. The summed E-state index contributed by atoms with van der Waals surface area (Å²) in [5.41, 5.74) is 0. The number of hydrogen-bond donors (Lipinski definition) is 3. The molecular weight excluding hydrogens is 182 g/mol. The molecule has 0 bridgehead atoms. The lowest BCUT2D eigenvalue weighted by atomic mass is 10.0. The SMILES string of the molecule is CO[C@@H]1O[C@H](CO)[C@@H]([18F])[C@H](O)[C@H]1O. The highest BCUT2D eigenvalue weighted by molar-refractivity contribution is 4.88. The summed E-state index contributed by atoms with van der Waals surface area (Å²) in [7, 11) is 1.26. The number of alkyl halides is 1. The molecule has 78 valence electrons. The Morgan fingerprint density at radius 1 is 1.38 bits per heavy atom. The van der Waals surface area contributed by atoms with Gasteiger partial charge in [0.1, 0.15) is 18.3 Å². The van der Waals surface area contributed by atoms with Gasteiger partial charge in [0.05, 0.1) is 6.61 Å². The number of rotatable bonds is 2. The Morgan fingerprint density at radius 2 is 2.00 bits per heavy atom. The average molecular weight is 195 g/mol. The van der Waals surface area contributed by atoms with Crippen molar-refractivity contribution >= 4 is 0 Å². The lowest BCUT2D eigenvalue weighted by Crippen LogP contribution is -2.57. The zero-order valence-electron chi connectivity index (χ0n) is 7.13. The summed E-state index contributed by atoms with van der Waals surface area (Å²) < 4.78 is 22.5. The number of hydrogen-bond acceptors (Lipinski definition) is 5. The van der Waals surface area contributed by atoms with Crippen molar-refractivity contribution in [1.29, 1.82) is 0 Å². The molecule has 5 nitrogen and oxygen atoms in total. The van der Waals surface area contributed by atoms with Crippen molar-refractivity contribution in [2.45, 2.75) is 30.8 Å². The zero-order chi connectivity index (χ0) is 10.0. The van der Waals surface area contributed by atoms with Crippen LogP contribution in [0.4, 0.5) is 4.39 Å². The number of ether oxygens (including phenoxy) is 2. The molecule has 1 aliphatic heterocycles. The Labute approximate surface area is 74.7 Å². The molecule has 0 aromatic carbocycles. The van der Waals surface area contributed by atoms with Crippen LogP contribution < -0.4 is 0 Å². The molecule has 6 heteroatoms. The van der Waals surface area contributed by atoms with E-state index in [1.807, 2.05) is 0 Å². The molecule has 13 heavy (non-hydrogen) atoms. The van der Waals surface area contributed by atoms with Gasteiger partial charge in [0.15, 0.2) is 12.5 Å². The normalized spacial score (nSPS) is 46.4. The minimum Gasteiger partial charge on any atom is -0.394 e. The number of methoxy groups -OCH3 is 1. The fourth-order valence-corrected chi connectivity index (χ4v) is 1.24. The molecule has 0 aromatic rings. The van der Waals surface area contributed by atoms with Gasteiger partial charge in [-0.3, -0.25) is 0 Å². The lowest BCUT2D eigenvalue weighted by Gasteiger charge is -2.37. The quantitative estimate of drug-likeness (QED) is 0.495. The Hall–Kier alpha value is -0.270. The van der Waals surface area contributed by atoms with E-state index in [0.717, 1.165) is 0 Å². The van der Waals surface area contributed by atoms with Crippen molar-refractivity contribution in [2.75, 3.05) is 13.7 Å². The molecule has 1 fully saturated rings. The second kappa shape index (κ2) is 4.30. The average Bonchev–Trinajstić information content (AvgIpc) is 2.15. The van der Waals surface area contributed by atoms with E-state index >= 15 is 0 Å². The van der Waals surface area contributed by atoms with Crippen LogP contribution in [0.5, 0.6) is 0 Å². The predicted molar refractivity (Wildman–Crippen MR) is 39.7 cm³/mol. The molecule has 0 saturated carbocycles. The fraction of sp³-hybridized carbons (Fsp3) is 1.00. The topological polar surface area (TPSA) is 79.2 Å². The molecule has 5 atom stereocenters. The standard InChI is InChI=1S/C7H13FO5/c1-12-7-6(11)5(10)4(8)3(2-9)13-7/h3-7,9-11H,2H2,1H3/t3-,4-,5+,6-,7-/m1/s1/i8-1. The van der Waals surface area contributed by atoms with Crippen LogP contribution in [0.2, 0.25) is 0 Å². The summed E-state index contributed by atoms with van der Waals surface area (Å²) in [6.45, 7) is -0.565. The maximum absolute atomic E-state index is 13.1. The first-order chi connectivity index (χ1) is 6.11. The first-order valence-corrected chi connectivity index (χ1v) is 3.91. The second-order valence-corrected chi connectivity index (χ2v) is 2.89. The molecule has 0 spiro atoms. The van der Waals surface area contributed by atoms with Gasteiger partial charge in [-0.2, -0.15) is 0 Å². The molecule has 1 aliphatic rings. The van der Waals surface area contributed by atoms with Gasteiger partial charge in [0, 0.05) is 7.11 Å². The molecular formula is C7H13FO5. The van der Waals surface area contributed by atoms with Crippen molar-refractivity contribution in [3.63, 3.8) is 0 Å². The Bertz CT molecular complexity index is 147. The van der Waals surface area contributed by atoms with Gasteiger partial charge in [-0.15, -0.1) is 0 Å². The summed E-state index contributed by atoms with van der Waals surface area (Å²) in [6, 6.07) is 0. The van der Waals surface area contributed by atoms with Crippen molar-refractivity contribution in [3.05, 3.63) is 0 Å². The summed E-state index contributed by atoms with van der Waals surface area (Å²) in [6.07, 6.45) is -7.06. The maximum Gasteiger partial charge on any atom is 0.186 e. The summed E-state index contributed by atoms with van der Waals surface area (Å²) in [5, 5.41) is 27.0. The van der Waals surface area contributed by atoms with Crippen LogP contribution in [0.25, 0.3) is 0 Å². The van der Waals surface area contributed by atoms with Crippen LogP contribution in [0.3, 0.4) is 0 Å². The fourth-order valence-electron chi connectivity index (χ4n) is 1.24. The van der Waals surface area contributed by atoms with E-state index in [-0.39, 0.29) is 0 Å². The highest BCUT2D eigenvalue weighted by atomic mass is 18.2. The minimum atomic E-state index is -1.80. The third-order valence-corrected chi connectivity index (χ3v) is 2.03. The number of aliphatic hydroxyl groups excluding tert-OH is 3. The first kappa shape index (κ1) is 10.8. The lowest BCUT2D eigenvalue weighted by molar-refractivity contribution is -0.283. The van der Waals surface area contributed by atoms with Crippen molar-refractivity contribution in [3.8, 4) is 0 Å². The summed E-state index contributed by atoms with van der Waals surface area (Å²) in [4.78, 5) is 0. The van der Waals surface area contributed by atoms with Crippen LogP contribution in [0, 0.1) is 0 Å². The van der Waals surface area contributed by atoms with Crippen LogP contribution in [-0.2, 0) is 9.47 Å². The predicted octanol–water partition coefficient (Wildman–Crippen LogP) is -1.59. The molecule has 1 heterocycles. The number of halogens is 1. The molecule has 0 aliphatic carbocycles. The van der Waals surface area contributed by atoms with E-state index in [1.165, 1.54) is 7.11 Å². The van der Waals surface area contributed by atoms with E-state index < -0.39 is 37.4 Å². The van der Waals surface area contributed by atoms with Crippen molar-refractivity contribution < 1.29 is 29.2 Å². The third kappa shape index (κ3) is 1.97. The Balaban J connectivity index is 2.66. The molecule has 0 aromatic heterocycles. The third-order valence-electron chi connectivity index (χ3n) is 2.03. The smallest absolute Gasteiger partial charge is 0.186 e. The van der Waals surface area contributed by atoms with Crippen LogP contribution in [0.15, 0.2) is 0 Å². The zero-order valence-corrected chi connectivity index (χ0v) is 7.13. The van der Waals surface area contributed by atoms with Gasteiger partial charge in [-0.1, -0.05) is 0 Å². The van der Waals surface area contributed by atoms with Gasteiger partial charge >= 0.3 is 0 Å². The van der Waals surface area contributed by atoms with Crippen LogP contribution >= 0.6 is 0 Å². The van der Waals surface area contributed by atoms with Gasteiger partial charge in [0.25, 0.3) is 0 Å². The van der Waals surface area contributed by atoms with Gasteiger partial charge in [0.2, 0.25) is 0 Å².